The van der Waals surface area contributed by atoms with Crippen LogP contribution >= 0.6 is 11.6 Å². The number of nitrogens with zero attached hydrogens (tertiary/aromatic N) is 4. The average Bonchev–Trinajstić information content (AvgIpc) is 2.88. The van der Waals surface area contributed by atoms with Gasteiger partial charge in [0.1, 0.15) is 0 Å². The first-order valence-electron chi connectivity index (χ1n) is 7.00. The first kappa shape index (κ1) is 13.9. The van der Waals surface area contributed by atoms with Crippen LogP contribution < -0.4 is 4.90 Å². The van der Waals surface area contributed by atoms with E-state index >= 15 is 0 Å². The van der Waals surface area contributed by atoms with E-state index in [4.69, 9.17) is 16.7 Å². The minimum atomic E-state index is 0.719. The Labute approximate surface area is 129 Å². The summed E-state index contributed by atoms with van der Waals surface area (Å²) in [7, 11) is 2.07. The molecular formula is C16H17ClN4. The Bertz CT molecular complexity index is 749. The van der Waals surface area contributed by atoms with Gasteiger partial charge in [0.2, 0.25) is 0 Å². The van der Waals surface area contributed by atoms with Gasteiger partial charge in [0.05, 0.1) is 17.4 Å². The standard InChI is InChI=1S/C16H17ClN4/c1-3-10-20(2)16-14-8-9-18-11-15(14)21(19-16)13-6-4-12(17)5-7-13/h4-9,11H,3,10H2,1-2H3. The Morgan fingerprint density at radius 3 is 2.67 bits per heavy atom. The second-order valence-corrected chi connectivity index (χ2v) is 5.46. The fraction of sp³-hybridized carbons (Fsp3) is 0.250. The highest BCUT2D eigenvalue weighted by atomic mass is 35.5. The Hall–Kier alpha value is -2.07. The van der Waals surface area contributed by atoms with Crippen LogP contribution in [0.25, 0.3) is 16.6 Å². The van der Waals surface area contributed by atoms with Gasteiger partial charge in [-0.1, -0.05) is 18.5 Å². The first-order valence-corrected chi connectivity index (χ1v) is 7.38. The summed E-state index contributed by atoms with van der Waals surface area (Å²) in [5, 5.41) is 6.59. The van der Waals surface area contributed by atoms with Crippen molar-refractivity contribution < 1.29 is 0 Å². The van der Waals surface area contributed by atoms with E-state index in [1.165, 1.54) is 0 Å². The van der Waals surface area contributed by atoms with Crippen LogP contribution in [0.15, 0.2) is 42.7 Å². The summed E-state index contributed by atoms with van der Waals surface area (Å²) >= 11 is 5.96. The van der Waals surface area contributed by atoms with Crippen LogP contribution in [0.4, 0.5) is 5.82 Å². The Morgan fingerprint density at radius 1 is 1.19 bits per heavy atom. The lowest BCUT2D eigenvalue weighted by molar-refractivity contribution is 0.814. The summed E-state index contributed by atoms with van der Waals surface area (Å²) in [6, 6.07) is 9.68. The molecule has 0 radical (unpaired) electrons. The summed E-state index contributed by atoms with van der Waals surface area (Å²) in [5.74, 6) is 0.976. The highest BCUT2D eigenvalue weighted by molar-refractivity contribution is 6.30. The van der Waals surface area contributed by atoms with Gasteiger partial charge in [-0.25, -0.2) is 4.68 Å². The van der Waals surface area contributed by atoms with Gasteiger partial charge in [-0.2, -0.15) is 0 Å². The lowest BCUT2D eigenvalue weighted by Crippen LogP contribution is -2.18. The molecule has 0 N–H and O–H groups in total. The number of hydrogen-bond acceptors (Lipinski definition) is 3. The molecule has 3 aromatic rings. The minimum absolute atomic E-state index is 0.719. The van der Waals surface area contributed by atoms with Crippen molar-refractivity contribution in [2.75, 3.05) is 18.5 Å². The average molecular weight is 301 g/mol. The van der Waals surface area contributed by atoms with Gasteiger partial charge in [0.25, 0.3) is 0 Å². The molecule has 0 unspecified atom stereocenters. The fourth-order valence-corrected chi connectivity index (χ4v) is 2.57. The molecule has 1 aromatic carbocycles. The van der Waals surface area contributed by atoms with Crippen LogP contribution in [0.1, 0.15) is 13.3 Å². The summed E-state index contributed by atoms with van der Waals surface area (Å²) in [5.41, 5.74) is 1.98. The maximum atomic E-state index is 5.96. The van der Waals surface area contributed by atoms with E-state index in [9.17, 15) is 0 Å². The topological polar surface area (TPSA) is 34.0 Å². The van der Waals surface area contributed by atoms with Gasteiger partial charge < -0.3 is 4.90 Å². The van der Waals surface area contributed by atoms with E-state index < -0.39 is 0 Å². The van der Waals surface area contributed by atoms with E-state index in [1.807, 2.05) is 41.2 Å². The highest BCUT2D eigenvalue weighted by Crippen LogP contribution is 2.27. The lowest BCUT2D eigenvalue weighted by atomic mass is 10.3. The molecule has 0 aliphatic heterocycles. The first-order chi connectivity index (χ1) is 10.2. The van der Waals surface area contributed by atoms with E-state index in [0.29, 0.717) is 0 Å². The molecule has 0 aliphatic carbocycles. The van der Waals surface area contributed by atoms with Gasteiger partial charge in [-0.05, 0) is 36.8 Å². The number of halogens is 1. The van der Waals surface area contributed by atoms with Gasteiger partial charge >= 0.3 is 0 Å². The van der Waals surface area contributed by atoms with Crippen LogP contribution in [-0.4, -0.2) is 28.4 Å². The minimum Gasteiger partial charge on any atom is -0.358 e. The van der Waals surface area contributed by atoms with Crippen molar-refractivity contribution in [2.45, 2.75) is 13.3 Å². The van der Waals surface area contributed by atoms with Crippen molar-refractivity contribution in [3.8, 4) is 5.69 Å². The van der Waals surface area contributed by atoms with Crippen molar-refractivity contribution in [2.24, 2.45) is 0 Å². The number of benzene rings is 1. The molecule has 0 aliphatic rings. The van der Waals surface area contributed by atoms with Crippen molar-refractivity contribution in [1.82, 2.24) is 14.8 Å². The highest BCUT2D eigenvalue weighted by Gasteiger charge is 2.14. The predicted molar refractivity (Wildman–Crippen MR) is 87.4 cm³/mol. The zero-order valence-corrected chi connectivity index (χ0v) is 12.9. The third kappa shape index (κ3) is 2.59. The SMILES string of the molecule is CCCN(C)c1nn(-c2ccc(Cl)cc2)c2cnccc12. The molecule has 0 spiro atoms. The Morgan fingerprint density at radius 2 is 1.95 bits per heavy atom. The van der Waals surface area contributed by atoms with Crippen molar-refractivity contribution in [1.29, 1.82) is 0 Å². The number of pyridine rings is 1. The molecule has 3 rings (SSSR count). The third-order valence-corrected chi connectivity index (χ3v) is 3.71. The zero-order chi connectivity index (χ0) is 14.8. The normalized spacial score (nSPS) is 11.0. The van der Waals surface area contributed by atoms with Crippen LogP contribution in [0.2, 0.25) is 5.02 Å². The summed E-state index contributed by atoms with van der Waals surface area (Å²) in [6.07, 6.45) is 4.73. The maximum Gasteiger partial charge on any atom is 0.158 e. The van der Waals surface area contributed by atoms with Crippen LogP contribution in [0.5, 0.6) is 0 Å². The number of hydrogen-bond donors (Lipinski definition) is 0. The van der Waals surface area contributed by atoms with E-state index in [0.717, 1.165) is 40.4 Å². The van der Waals surface area contributed by atoms with Crippen LogP contribution in [-0.2, 0) is 0 Å². The molecule has 21 heavy (non-hydrogen) atoms. The van der Waals surface area contributed by atoms with E-state index in [2.05, 4.69) is 23.9 Å². The van der Waals surface area contributed by atoms with Crippen LogP contribution in [0, 0.1) is 0 Å². The van der Waals surface area contributed by atoms with Crippen molar-refractivity contribution in [3.63, 3.8) is 0 Å². The molecule has 0 saturated heterocycles. The molecule has 2 heterocycles. The van der Waals surface area contributed by atoms with Crippen molar-refractivity contribution in [3.05, 3.63) is 47.7 Å². The summed E-state index contributed by atoms with van der Waals surface area (Å²) in [6.45, 7) is 3.13. The Balaban J connectivity index is 2.17. The molecule has 5 heteroatoms. The molecule has 0 atom stereocenters. The molecule has 2 aromatic heterocycles. The van der Waals surface area contributed by atoms with E-state index in [-0.39, 0.29) is 0 Å². The zero-order valence-electron chi connectivity index (χ0n) is 12.1. The van der Waals surface area contributed by atoms with Gasteiger partial charge in [0.15, 0.2) is 5.82 Å². The molecule has 0 saturated carbocycles. The number of aromatic nitrogens is 3. The number of rotatable bonds is 4. The summed E-state index contributed by atoms with van der Waals surface area (Å²) < 4.78 is 1.92. The molecule has 108 valence electrons. The second kappa shape index (κ2) is 5.74. The summed E-state index contributed by atoms with van der Waals surface area (Å²) in [4.78, 5) is 6.41. The van der Waals surface area contributed by atoms with Gasteiger partial charge in [0, 0.05) is 30.2 Å². The third-order valence-electron chi connectivity index (χ3n) is 3.46. The predicted octanol–water partition coefficient (Wildman–Crippen LogP) is 3.92. The monoisotopic (exact) mass is 300 g/mol. The largest absolute Gasteiger partial charge is 0.358 e. The molecule has 4 nitrogen and oxygen atoms in total. The molecular weight excluding hydrogens is 284 g/mol. The van der Waals surface area contributed by atoms with Gasteiger partial charge in [-0.3, -0.25) is 4.98 Å². The lowest BCUT2D eigenvalue weighted by Gasteiger charge is -2.15. The van der Waals surface area contributed by atoms with Gasteiger partial charge in [-0.15, -0.1) is 5.10 Å². The second-order valence-electron chi connectivity index (χ2n) is 5.03. The smallest absolute Gasteiger partial charge is 0.158 e. The molecule has 0 bridgehead atoms. The Kier molecular flexibility index (Phi) is 3.80. The molecule has 0 amide bonds. The number of fused-ring (bicyclic) bond motifs is 1. The van der Waals surface area contributed by atoms with E-state index in [1.54, 1.807) is 6.20 Å². The maximum absolute atomic E-state index is 5.96. The van der Waals surface area contributed by atoms with Crippen molar-refractivity contribution >= 4 is 28.3 Å². The number of anilines is 1. The van der Waals surface area contributed by atoms with Crippen LogP contribution in [0.3, 0.4) is 0 Å². The molecule has 0 fully saturated rings. The fourth-order valence-electron chi connectivity index (χ4n) is 2.45. The quantitative estimate of drug-likeness (QED) is 0.732.